The second-order valence-electron chi connectivity index (χ2n) is 5.85. The smallest absolute Gasteiger partial charge is 0.189 e. The molecule has 0 saturated carbocycles. The molecule has 0 bridgehead atoms. The summed E-state index contributed by atoms with van der Waals surface area (Å²) in [5.41, 5.74) is 10.5. The molecular weight excluding hydrogens is 290 g/mol. The molecule has 6 heteroatoms. The van der Waals surface area contributed by atoms with E-state index in [2.05, 4.69) is 21.5 Å². The summed E-state index contributed by atoms with van der Waals surface area (Å²) in [7, 11) is 1.94. The number of guanidine groups is 1. The molecule has 3 N–H and O–H groups in total. The molecule has 0 saturated heterocycles. The van der Waals surface area contributed by atoms with Crippen molar-refractivity contribution < 1.29 is 4.74 Å². The fraction of sp³-hybridized carbons (Fsp3) is 0.412. The van der Waals surface area contributed by atoms with E-state index in [0.717, 1.165) is 34.7 Å². The van der Waals surface area contributed by atoms with Gasteiger partial charge in [0.25, 0.3) is 0 Å². The third-order valence-electron chi connectivity index (χ3n) is 4.35. The molecule has 1 atom stereocenters. The first-order valence-electron chi connectivity index (χ1n) is 7.83. The monoisotopic (exact) mass is 313 g/mol. The lowest BCUT2D eigenvalue weighted by atomic mass is 10.0. The third-order valence-corrected chi connectivity index (χ3v) is 4.35. The van der Waals surface area contributed by atoms with Crippen LogP contribution in [0, 0.1) is 13.8 Å². The minimum atomic E-state index is 0.139. The highest BCUT2D eigenvalue weighted by atomic mass is 16.5. The summed E-state index contributed by atoms with van der Waals surface area (Å²) in [4.78, 5) is 4.49. The van der Waals surface area contributed by atoms with Crippen LogP contribution in [0.15, 0.2) is 29.3 Å². The topological polar surface area (TPSA) is 77.5 Å². The molecule has 0 aliphatic carbocycles. The predicted molar refractivity (Wildman–Crippen MR) is 90.4 cm³/mol. The Balaban J connectivity index is 1.71. The van der Waals surface area contributed by atoms with Crippen LogP contribution in [0.4, 0.5) is 0 Å². The molecule has 2 heterocycles. The van der Waals surface area contributed by atoms with Gasteiger partial charge in [-0.2, -0.15) is 5.10 Å². The van der Waals surface area contributed by atoms with E-state index in [4.69, 9.17) is 10.5 Å². The van der Waals surface area contributed by atoms with Gasteiger partial charge >= 0.3 is 0 Å². The molecule has 1 aliphatic rings. The van der Waals surface area contributed by atoms with E-state index in [9.17, 15) is 0 Å². The van der Waals surface area contributed by atoms with Gasteiger partial charge in [0.05, 0.1) is 24.9 Å². The van der Waals surface area contributed by atoms with Crippen molar-refractivity contribution in [2.24, 2.45) is 17.8 Å². The van der Waals surface area contributed by atoms with Crippen LogP contribution in [-0.4, -0.2) is 22.3 Å². The van der Waals surface area contributed by atoms with Crippen LogP contribution in [0.3, 0.4) is 0 Å². The number of benzene rings is 1. The lowest BCUT2D eigenvalue weighted by Gasteiger charge is -2.26. The number of aliphatic imine (C=N–C) groups is 1. The van der Waals surface area contributed by atoms with Crippen molar-refractivity contribution in [3.05, 3.63) is 46.8 Å². The highest BCUT2D eigenvalue weighted by Gasteiger charge is 2.21. The zero-order chi connectivity index (χ0) is 16.4. The molecule has 1 aromatic carbocycles. The van der Waals surface area contributed by atoms with E-state index in [-0.39, 0.29) is 6.04 Å². The Morgan fingerprint density at radius 2 is 2.22 bits per heavy atom. The van der Waals surface area contributed by atoms with Crippen molar-refractivity contribution in [2.45, 2.75) is 32.9 Å². The van der Waals surface area contributed by atoms with Gasteiger partial charge in [0.1, 0.15) is 5.75 Å². The first-order chi connectivity index (χ1) is 11.1. The Hall–Kier alpha value is -2.50. The SMILES string of the molecule is Cc1nn(C)c(C)c1CN=C(N)NC1CCOc2ccccc21. The number of nitrogens with zero attached hydrogens (tertiary/aromatic N) is 3. The summed E-state index contributed by atoms with van der Waals surface area (Å²) < 4.78 is 7.54. The van der Waals surface area contributed by atoms with Crippen molar-refractivity contribution in [1.82, 2.24) is 15.1 Å². The Morgan fingerprint density at radius 1 is 1.43 bits per heavy atom. The van der Waals surface area contributed by atoms with Gasteiger partial charge < -0.3 is 15.8 Å². The first kappa shape index (κ1) is 15.4. The number of aryl methyl sites for hydroxylation is 2. The maximum atomic E-state index is 6.09. The second-order valence-corrected chi connectivity index (χ2v) is 5.85. The third kappa shape index (κ3) is 3.16. The molecule has 1 aromatic heterocycles. The molecule has 0 fully saturated rings. The predicted octanol–water partition coefficient (Wildman–Crippen LogP) is 1.97. The number of hydrogen-bond donors (Lipinski definition) is 2. The minimum Gasteiger partial charge on any atom is -0.493 e. The van der Waals surface area contributed by atoms with Gasteiger partial charge in [-0.15, -0.1) is 0 Å². The zero-order valence-electron chi connectivity index (χ0n) is 13.8. The molecule has 0 radical (unpaired) electrons. The molecular formula is C17H23N5O. The summed E-state index contributed by atoms with van der Waals surface area (Å²) in [5, 5.41) is 7.72. The zero-order valence-corrected chi connectivity index (χ0v) is 13.8. The van der Waals surface area contributed by atoms with Crippen LogP contribution in [0.1, 0.15) is 35.0 Å². The fourth-order valence-electron chi connectivity index (χ4n) is 2.93. The van der Waals surface area contributed by atoms with Crippen LogP contribution < -0.4 is 15.8 Å². The van der Waals surface area contributed by atoms with Gasteiger partial charge in [0.2, 0.25) is 0 Å². The maximum Gasteiger partial charge on any atom is 0.189 e. The van der Waals surface area contributed by atoms with E-state index in [0.29, 0.717) is 19.1 Å². The highest BCUT2D eigenvalue weighted by Crippen LogP contribution is 2.31. The molecule has 0 spiro atoms. The van der Waals surface area contributed by atoms with Crippen molar-refractivity contribution in [3.63, 3.8) is 0 Å². The number of rotatable bonds is 3. The normalized spacial score (nSPS) is 17.5. The van der Waals surface area contributed by atoms with E-state index < -0.39 is 0 Å². The summed E-state index contributed by atoms with van der Waals surface area (Å²) in [6.07, 6.45) is 0.873. The molecule has 0 amide bonds. The van der Waals surface area contributed by atoms with Gasteiger partial charge in [0, 0.05) is 30.3 Å². The van der Waals surface area contributed by atoms with E-state index in [1.807, 2.05) is 43.8 Å². The van der Waals surface area contributed by atoms with Gasteiger partial charge in [0.15, 0.2) is 5.96 Å². The molecule has 1 unspecified atom stereocenters. The maximum absolute atomic E-state index is 6.09. The number of nitrogens with one attached hydrogen (secondary N) is 1. The van der Waals surface area contributed by atoms with Crippen LogP contribution in [0.25, 0.3) is 0 Å². The molecule has 2 aromatic rings. The molecule has 122 valence electrons. The largest absolute Gasteiger partial charge is 0.493 e. The highest BCUT2D eigenvalue weighted by molar-refractivity contribution is 5.78. The summed E-state index contributed by atoms with van der Waals surface area (Å²) >= 11 is 0. The summed E-state index contributed by atoms with van der Waals surface area (Å²) in [5.74, 6) is 1.37. The fourth-order valence-corrected chi connectivity index (χ4v) is 2.93. The van der Waals surface area contributed by atoms with Crippen molar-refractivity contribution in [2.75, 3.05) is 6.61 Å². The van der Waals surface area contributed by atoms with Crippen LogP contribution in [-0.2, 0) is 13.6 Å². The van der Waals surface area contributed by atoms with Gasteiger partial charge in [-0.3, -0.25) is 4.68 Å². The second kappa shape index (κ2) is 6.32. The van der Waals surface area contributed by atoms with Crippen molar-refractivity contribution in [3.8, 4) is 5.75 Å². The minimum absolute atomic E-state index is 0.139. The van der Waals surface area contributed by atoms with Gasteiger partial charge in [-0.25, -0.2) is 4.99 Å². The van der Waals surface area contributed by atoms with Gasteiger partial charge in [-0.1, -0.05) is 18.2 Å². The Labute approximate surface area is 136 Å². The summed E-state index contributed by atoms with van der Waals surface area (Å²) in [6, 6.07) is 8.18. The molecule has 23 heavy (non-hydrogen) atoms. The first-order valence-corrected chi connectivity index (χ1v) is 7.83. The molecule has 1 aliphatic heterocycles. The van der Waals surface area contributed by atoms with E-state index in [1.54, 1.807) is 0 Å². The number of nitrogens with two attached hydrogens (primary N) is 1. The van der Waals surface area contributed by atoms with E-state index >= 15 is 0 Å². The number of hydrogen-bond acceptors (Lipinski definition) is 3. The van der Waals surface area contributed by atoms with Crippen molar-refractivity contribution in [1.29, 1.82) is 0 Å². The lowest BCUT2D eigenvalue weighted by molar-refractivity contribution is 0.262. The lowest BCUT2D eigenvalue weighted by Crippen LogP contribution is -2.37. The van der Waals surface area contributed by atoms with Crippen LogP contribution >= 0.6 is 0 Å². The van der Waals surface area contributed by atoms with Crippen LogP contribution in [0.5, 0.6) is 5.75 Å². The standard InChI is InChI=1S/C17H23N5O/c1-11-14(12(2)22(3)21-11)10-19-17(18)20-15-8-9-23-16-7-5-4-6-13(15)16/h4-7,15H,8-10H2,1-3H3,(H3,18,19,20). The number of para-hydroxylation sites is 1. The Morgan fingerprint density at radius 3 is 2.96 bits per heavy atom. The Bertz CT molecular complexity index is 735. The summed E-state index contributed by atoms with van der Waals surface area (Å²) in [6.45, 7) is 5.26. The Kier molecular flexibility index (Phi) is 4.23. The van der Waals surface area contributed by atoms with Crippen molar-refractivity contribution >= 4 is 5.96 Å². The van der Waals surface area contributed by atoms with Crippen LogP contribution in [0.2, 0.25) is 0 Å². The average Bonchev–Trinajstić information content (AvgIpc) is 2.78. The number of fused-ring (bicyclic) bond motifs is 1. The van der Waals surface area contributed by atoms with Gasteiger partial charge in [-0.05, 0) is 19.9 Å². The number of ether oxygens (including phenoxy) is 1. The number of aromatic nitrogens is 2. The average molecular weight is 313 g/mol. The molecule has 3 rings (SSSR count). The quantitative estimate of drug-likeness (QED) is 0.671. The van der Waals surface area contributed by atoms with E-state index in [1.165, 1.54) is 0 Å². The molecule has 6 nitrogen and oxygen atoms in total.